The van der Waals surface area contributed by atoms with Crippen molar-refractivity contribution in [2.45, 2.75) is 0 Å². The third kappa shape index (κ3) is 2.88. The average molecular weight is 369 g/mol. The van der Waals surface area contributed by atoms with Gasteiger partial charge in [0.1, 0.15) is 0 Å². The first kappa shape index (κ1) is 15.8. The summed E-state index contributed by atoms with van der Waals surface area (Å²) < 4.78 is 0. The minimum Gasteiger partial charge on any atom is -0.322 e. The Balaban J connectivity index is 1.50. The molecule has 0 radical (unpaired) electrons. The van der Waals surface area contributed by atoms with Crippen LogP contribution in [0.25, 0.3) is 32.8 Å². The van der Waals surface area contributed by atoms with Crippen LogP contribution in [0.4, 0.5) is 5.69 Å². The molecular weight excluding hydrogens is 354 g/mol. The summed E-state index contributed by atoms with van der Waals surface area (Å²) in [6.07, 6.45) is 1.86. The number of aromatic nitrogens is 2. The molecule has 5 rings (SSSR count). The smallest absolute Gasteiger partial charge is 0.256 e. The van der Waals surface area contributed by atoms with Gasteiger partial charge in [0.05, 0.1) is 17.3 Å². The summed E-state index contributed by atoms with van der Waals surface area (Å²) in [5.74, 6) is -0.0844. The van der Waals surface area contributed by atoms with Crippen LogP contribution in [0.3, 0.4) is 0 Å². The van der Waals surface area contributed by atoms with Crippen LogP contribution in [-0.4, -0.2) is 16.1 Å². The van der Waals surface area contributed by atoms with Crippen molar-refractivity contribution in [1.82, 2.24) is 10.2 Å². The molecule has 0 aliphatic heterocycles. The average Bonchev–Trinajstić information content (AvgIpc) is 3.39. The van der Waals surface area contributed by atoms with Crippen LogP contribution in [0.2, 0.25) is 0 Å². The molecule has 0 aliphatic rings. The molecule has 0 atom stereocenters. The highest BCUT2D eigenvalue weighted by molar-refractivity contribution is 7.08. The Kier molecular flexibility index (Phi) is 3.73. The maximum absolute atomic E-state index is 12.2. The Labute approximate surface area is 159 Å². The molecule has 0 unspecified atom stereocenters. The topological polar surface area (TPSA) is 57.8 Å². The van der Waals surface area contributed by atoms with E-state index in [-0.39, 0.29) is 5.91 Å². The van der Waals surface area contributed by atoms with E-state index in [4.69, 9.17) is 0 Å². The second kappa shape index (κ2) is 6.37. The molecule has 2 heterocycles. The first-order valence-electron chi connectivity index (χ1n) is 8.58. The van der Waals surface area contributed by atoms with Crippen molar-refractivity contribution in [2.24, 2.45) is 0 Å². The number of benzene rings is 3. The fourth-order valence-electron chi connectivity index (χ4n) is 3.31. The van der Waals surface area contributed by atoms with E-state index in [1.807, 2.05) is 53.4 Å². The molecule has 3 aromatic carbocycles. The minimum atomic E-state index is -0.0844. The Morgan fingerprint density at radius 1 is 1.00 bits per heavy atom. The highest BCUT2D eigenvalue weighted by atomic mass is 32.1. The van der Waals surface area contributed by atoms with Crippen molar-refractivity contribution in [3.8, 4) is 11.1 Å². The second-order valence-corrected chi connectivity index (χ2v) is 7.16. The van der Waals surface area contributed by atoms with Crippen molar-refractivity contribution >= 4 is 44.6 Å². The molecule has 4 nitrogen and oxygen atoms in total. The number of hydrogen-bond acceptors (Lipinski definition) is 3. The lowest BCUT2D eigenvalue weighted by Gasteiger charge is -2.08. The zero-order chi connectivity index (χ0) is 18.2. The first-order chi connectivity index (χ1) is 13.3. The van der Waals surface area contributed by atoms with Crippen LogP contribution in [0, 0.1) is 0 Å². The lowest BCUT2D eigenvalue weighted by Crippen LogP contribution is -2.10. The van der Waals surface area contributed by atoms with E-state index >= 15 is 0 Å². The molecule has 0 saturated heterocycles. The number of fused-ring (bicyclic) bond motifs is 2. The van der Waals surface area contributed by atoms with Gasteiger partial charge >= 0.3 is 0 Å². The lowest BCUT2D eigenvalue weighted by molar-refractivity contribution is 0.102. The number of carbonyl (C=O) groups excluding carboxylic acids is 1. The quantitative estimate of drug-likeness (QED) is 0.429. The summed E-state index contributed by atoms with van der Waals surface area (Å²) >= 11 is 1.51. The molecule has 5 aromatic rings. The Hall–Kier alpha value is -3.44. The molecule has 0 fully saturated rings. The maximum Gasteiger partial charge on any atom is 0.256 e. The monoisotopic (exact) mass is 369 g/mol. The van der Waals surface area contributed by atoms with Crippen LogP contribution < -0.4 is 5.32 Å². The van der Waals surface area contributed by atoms with Crippen molar-refractivity contribution < 1.29 is 4.79 Å². The molecule has 2 aromatic heterocycles. The van der Waals surface area contributed by atoms with E-state index in [0.717, 1.165) is 38.5 Å². The number of rotatable bonds is 3. The van der Waals surface area contributed by atoms with E-state index in [9.17, 15) is 4.79 Å². The molecular formula is C22H15N3OS. The van der Waals surface area contributed by atoms with Crippen molar-refractivity contribution in [2.75, 3.05) is 5.32 Å². The summed E-state index contributed by atoms with van der Waals surface area (Å²) in [6, 6.07) is 20.3. The Morgan fingerprint density at radius 2 is 1.89 bits per heavy atom. The van der Waals surface area contributed by atoms with Crippen molar-refractivity contribution in [3.05, 3.63) is 83.2 Å². The van der Waals surface area contributed by atoms with E-state index in [2.05, 4.69) is 39.8 Å². The van der Waals surface area contributed by atoms with Gasteiger partial charge < -0.3 is 5.32 Å². The third-order valence-corrected chi connectivity index (χ3v) is 5.36. The number of hydrogen-bond donors (Lipinski definition) is 2. The van der Waals surface area contributed by atoms with E-state index < -0.39 is 0 Å². The number of anilines is 1. The van der Waals surface area contributed by atoms with Gasteiger partial charge in [-0.3, -0.25) is 9.89 Å². The van der Waals surface area contributed by atoms with Crippen LogP contribution in [0.15, 0.2) is 77.6 Å². The standard InChI is InChI=1S/C22H15N3OS/c26-22(17-8-9-27-13-17)24-18-7-6-14-10-16(5-4-15(14)11-18)19-2-1-3-21-20(19)12-23-25-21/h1-13H,(H,23,25)(H,24,26). The molecule has 0 aliphatic carbocycles. The zero-order valence-corrected chi connectivity index (χ0v) is 15.1. The van der Waals surface area contributed by atoms with Crippen LogP contribution >= 0.6 is 11.3 Å². The second-order valence-electron chi connectivity index (χ2n) is 6.38. The van der Waals surface area contributed by atoms with Crippen LogP contribution in [0.1, 0.15) is 10.4 Å². The maximum atomic E-state index is 12.2. The Bertz CT molecular complexity index is 1270. The summed E-state index contributed by atoms with van der Waals surface area (Å²) in [4.78, 5) is 12.2. The van der Waals surface area contributed by atoms with Crippen molar-refractivity contribution in [1.29, 1.82) is 0 Å². The summed E-state index contributed by atoms with van der Waals surface area (Å²) in [7, 11) is 0. The van der Waals surface area contributed by atoms with Gasteiger partial charge in [0.15, 0.2) is 0 Å². The SMILES string of the molecule is O=C(Nc1ccc2cc(-c3cccc4[nH]ncc34)ccc2c1)c1ccsc1. The van der Waals surface area contributed by atoms with Gasteiger partial charge in [0.2, 0.25) is 0 Å². The predicted octanol–water partition coefficient (Wildman–Crippen LogP) is 5.70. The molecule has 0 bridgehead atoms. The largest absolute Gasteiger partial charge is 0.322 e. The number of amides is 1. The van der Waals surface area contributed by atoms with Gasteiger partial charge in [0, 0.05) is 16.5 Å². The van der Waals surface area contributed by atoms with Gasteiger partial charge in [-0.2, -0.15) is 16.4 Å². The lowest BCUT2D eigenvalue weighted by atomic mass is 9.98. The summed E-state index contributed by atoms with van der Waals surface area (Å²) in [5.41, 5.74) is 4.80. The van der Waals surface area contributed by atoms with Gasteiger partial charge in [-0.05, 0) is 57.6 Å². The van der Waals surface area contributed by atoms with E-state index in [1.165, 1.54) is 11.3 Å². The Morgan fingerprint density at radius 3 is 2.78 bits per heavy atom. The van der Waals surface area contributed by atoms with E-state index in [0.29, 0.717) is 5.56 Å². The number of carbonyl (C=O) groups is 1. The molecule has 0 saturated carbocycles. The number of thiophene rings is 1. The number of H-pyrrole nitrogens is 1. The highest BCUT2D eigenvalue weighted by Crippen LogP contribution is 2.30. The number of nitrogens with zero attached hydrogens (tertiary/aromatic N) is 1. The molecule has 27 heavy (non-hydrogen) atoms. The van der Waals surface area contributed by atoms with Gasteiger partial charge in [-0.15, -0.1) is 0 Å². The predicted molar refractivity (Wildman–Crippen MR) is 111 cm³/mol. The van der Waals surface area contributed by atoms with Crippen LogP contribution in [-0.2, 0) is 0 Å². The molecule has 130 valence electrons. The number of nitrogens with one attached hydrogen (secondary N) is 2. The first-order valence-corrected chi connectivity index (χ1v) is 9.52. The summed E-state index contributed by atoms with van der Waals surface area (Å²) in [6.45, 7) is 0. The normalized spacial score (nSPS) is 11.1. The fourth-order valence-corrected chi connectivity index (χ4v) is 3.94. The third-order valence-electron chi connectivity index (χ3n) is 4.68. The summed E-state index contributed by atoms with van der Waals surface area (Å²) in [5, 5.41) is 17.2. The molecule has 5 heteroatoms. The molecule has 0 spiro atoms. The van der Waals surface area contributed by atoms with Crippen LogP contribution in [0.5, 0.6) is 0 Å². The molecule has 2 N–H and O–H groups in total. The fraction of sp³-hybridized carbons (Fsp3) is 0. The van der Waals surface area contributed by atoms with Gasteiger partial charge in [0.25, 0.3) is 5.91 Å². The minimum absolute atomic E-state index is 0.0844. The van der Waals surface area contributed by atoms with Gasteiger partial charge in [-0.25, -0.2) is 0 Å². The highest BCUT2D eigenvalue weighted by Gasteiger charge is 2.08. The van der Waals surface area contributed by atoms with Crippen molar-refractivity contribution in [3.63, 3.8) is 0 Å². The van der Waals surface area contributed by atoms with Gasteiger partial charge in [-0.1, -0.05) is 30.3 Å². The molecule has 1 amide bonds. The zero-order valence-electron chi connectivity index (χ0n) is 14.3. The van der Waals surface area contributed by atoms with E-state index in [1.54, 1.807) is 0 Å². The number of aromatic amines is 1.